The predicted octanol–water partition coefficient (Wildman–Crippen LogP) is 3.70. The van der Waals surface area contributed by atoms with E-state index in [1.165, 1.54) is 55.6 Å². The zero-order chi connectivity index (χ0) is 27.4. The van der Waals surface area contributed by atoms with Gasteiger partial charge in [0.1, 0.15) is 11.8 Å². The van der Waals surface area contributed by atoms with Crippen LogP contribution in [0.1, 0.15) is 34.8 Å². The number of benzene rings is 3. The highest BCUT2D eigenvalue weighted by Gasteiger charge is 2.47. The summed E-state index contributed by atoms with van der Waals surface area (Å²) in [4.78, 5) is 39.5. The summed E-state index contributed by atoms with van der Waals surface area (Å²) in [6, 6.07) is 17.7. The minimum Gasteiger partial charge on any atom is -0.497 e. The minimum atomic E-state index is -4.19. The largest absolute Gasteiger partial charge is 0.497 e. The van der Waals surface area contributed by atoms with E-state index in [0.717, 1.165) is 14.8 Å². The van der Waals surface area contributed by atoms with Gasteiger partial charge in [0.15, 0.2) is 0 Å². The molecule has 38 heavy (non-hydrogen) atoms. The summed E-state index contributed by atoms with van der Waals surface area (Å²) in [6.07, 6.45) is -0.320. The number of rotatable bonds is 9. The highest BCUT2D eigenvalue weighted by molar-refractivity contribution is 7.89. The summed E-state index contributed by atoms with van der Waals surface area (Å²) in [5, 5.41) is 0. The second-order valence-electron chi connectivity index (χ2n) is 8.77. The molecule has 0 aromatic heterocycles. The molecule has 0 aliphatic carbocycles. The van der Waals surface area contributed by atoms with Crippen LogP contribution in [0.25, 0.3) is 0 Å². The van der Waals surface area contributed by atoms with Gasteiger partial charge in [0, 0.05) is 6.54 Å². The van der Waals surface area contributed by atoms with Gasteiger partial charge in [-0.05, 0) is 67.9 Å². The number of hydrogen-bond donors (Lipinski definition) is 0. The Hall–Kier alpha value is -4.02. The number of hydrogen-bond acceptors (Lipinski definition) is 7. The van der Waals surface area contributed by atoms with Gasteiger partial charge in [-0.2, -0.15) is 4.31 Å². The van der Waals surface area contributed by atoms with Gasteiger partial charge >= 0.3 is 5.97 Å². The van der Waals surface area contributed by atoms with Crippen molar-refractivity contribution in [2.75, 3.05) is 18.6 Å². The molecule has 1 saturated heterocycles. The molecule has 10 heteroatoms. The van der Waals surface area contributed by atoms with E-state index < -0.39 is 33.8 Å². The fourth-order valence-corrected chi connectivity index (χ4v) is 5.76. The van der Waals surface area contributed by atoms with Gasteiger partial charge in [-0.1, -0.05) is 29.8 Å². The lowest BCUT2D eigenvalue weighted by atomic mass is 10.1. The Morgan fingerprint density at radius 2 is 1.61 bits per heavy atom. The van der Waals surface area contributed by atoms with Crippen LogP contribution in [0.3, 0.4) is 0 Å². The van der Waals surface area contributed by atoms with Gasteiger partial charge < -0.3 is 9.47 Å². The summed E-state index contributed by atoms with van der Waals surface area (Å²) in [5.74, 6) is -1.24. The number of esters is 1. The number of nitrogens with zero attached hydrogens (tertiary/aromatic N) is 2. The summed E-state index contributed by atoms with van der Waals surface area (Å²) in [5.41, 5.74) is 2.19. The number of methoxy groups -OCH3 is 1. The van der Waals surface area contributed by atoms with E-state index in [9.17, 15) is 22.8 Å². The average Bonchev–Trinajstić information content (AvgIpc) is 3.21. The van der Waals surface area contributed by atoms with Crippen molar-refractivity contribution in [1.82, 2.24) is 4.31 Å². The molecular weight excluding hydrogens is 508 g/mol. The van der Waals surface area contributed by atoms with Gasteiger partial charge in [-0.25, -0.2) is 18.1 Å². The molecule has 1 atom stereocenters. The van der Waals surface area contributed by atoms with E-state index in [0.29, 0.717) is 11.3 Å². The molecule has 0 saturated carbocycles. The van der Waals surface area contributed by atoms with Crippen LogP contribution < -0.4 is 9.64 Å². The van der Waals surface area contributed by atoms with Crippen molar-refractivity contribution < 1.29 is 32.3 Å². The van der Waals surface area contributed by atoms with E-state index in [4.69, 9.17) is 9.47 Å². The fraction of sp³-hybridized carbons (Fsp3) is 0.250. The van der Waals surface area contributed by atoms with Crippen molar-refractivity contribution in [3.8, 4) is 5.75 Å². The lowest BCUT2D eigenvalue weighted by Crippen LogP contribution is -2.45. The molecule has 4 rings (SSSR count). The van der Waals surface area contributed by atoms with Crippen molar-refractivity contribution in [2.24, 2.45) is 0 Å². The Morgan fingerprint density at radius 3 is 2.18 bits per heavy atom. The topological polar surface area (TPSA) is 110 Å². The molecule has 1 fully saturated rings. The van der Waals surface area contributed by atoms with Crippen molar-refractivity contribution in [3.05, 3.63) is 89.5 Å². The molecule has 0 spiro atoms. The summed E-state index contributed by atoms with van der Waals surface area (Å²) in [6.45, 7) is 3.72. The van der Waals surface area contributed by atoms with Crippen LogP contribution in [-0.4, -0.2) is 50.3 Å². The van der Waals surface area contributed by atoms with Gasteiger partial charge in [0.25, 0.3) is 5.91 Å². The maximum absolute atomic E-state index is 13.8. The molecule has 3 aromatic carbocycles. The first-order chi connectivity index (χ1) is 18.1. The number of sulfonamides is 1. The fourth-order valence-electron chi connectivity index (χ4n) is 4.19. The van der Waals surface area contributed by atoms with Crippen LogP contribution in [-0.2, 0) is 30.9 Å². The second kappa shape index (κ2) is 11.2. The van der Waals surface area contributed by atoms with Crippen LogP contribution in [0.4, 0.5) is 5.69 Å². The van der Waals surface area contributed by atoms with Crippen molar-refractivity contribution >= 4 is 33.5 Å². The highest BCUT2D eigenvalue weighted by atomic mass is 32.2. The van der Waals surface area contributed by atoms with Gasteiger partial charge in [0.2, 0.25) is 15.9 Å². The Kier molecular flexibility index (Phi) is 7.94. The summed E-state index contributed by atoms with van der Waals surface area (Å²) < 4.78 is 38.8. The van der Waals surface area contributed by atoms with E-state index in [1.807, 2.05) is 19.1 Å². The Balaban J connectivity index is 1.69. The average molecular weight is 537 g/mol. The zero-order valence-corrected chi connectivity index (χ0v) is 22.1. The Labute approximate surface area is 221 Å². The monoisotopic (exact) mass is 536 g/mol. The van der Waals surface area contributed by atoms with Crippen LogP contribution in [0, 0.1) is 6.92 Å². The maximum Gasteiger partial charge on any atom is 0.338 e. The number of anilines is 1. The second-order valence-corrected chi connectivity index (χ2v) is 10.7. The standard InChI is InChI=1S/C28H28N2O7S/c1-4-37-28(33)21-9-11-22(12-10-21)30-26(31)17-25(27(30)32)29(18-20-7-5-19(2)6-8-20)38(34,35)24-15-13-23(36-3)14-16-24/h5-16,25H,4,17-18H2,1-3H3. The van der Waals surface area contributed by atoms with E-state index in [-0.39, 0.29) is 35.7 Å². The van der Waals surface area contributed by atoms with Crippen molar-refractivity contribution in [2.45, 2.75) is 37.8 Å². The third-order valence-corrected chi connectivity index (χ3v) is 8.10. The molecule has 0 radical (unpaired) electrons. The van der Waals surface area contributed by atoms with Crippen LogP contribution in [0.5, 0.6) is 5.75 Å². The quantitative estimate of drug-likeness (QED) is 0.303. The normalized spacial score (nSPS) is 15.7. The third kappa shape index (κ3) is 5.46. The molecule has 1 unspecified atom stereocenters. The lowest BCUT2D eigenvalue weighted by molar-refractivity contribution is -0.122. The third-order valence-electron chi connectivity index (χ3n) is 6.23. The number of carbonyl (C=O) groups excluding carboxylic acids is 3. The van der Waals surface area contributed by atoms with Crippen LogP contribution in [0.2, 0.25) is 0 Å². The highest BCUT2D eigenvalue weighted by Crippen LogP contribution is 2.31. The Bertz CT molecular complexity index is 1430. The first kappa shape index (κ1) is 27.0. The number of carbonyl (C=O) groups is 3. The summed E-state index contributed by atoms with van der Waals surface area (Å²) >= 11 is 0. The van der Waals surface area contributed by atoms with Gasteiger partial charge in [-0.15, -0.1) is 0 Å². The molecule has 1 heterocycles. The lowest BCUT2D eigenvalue weighted by Gasteiger charge is -2.27. The molecule has 9 nitrogen and oxygen atoms in total. The first-order valence-corrected chi connectivity index (χ1v) is 13.4. The minimum absolute atomic E-state index is 0.0251. The van der Waals surface area contributed by atoms with Gasteiger partial charge in [0.05, 0.1) is 36.3 Å². The van der Waals surface area contributed by atoms with E-state index in [2.05, 4.69) is 0 Å². The number of amides is 2. The van der Waals surface area contributed by atoms with Crippen molar-refractivity contribution in [1.29, 1.82) is 0 Å². The summed E-state index contributed by atoms with van der Waals surface area (Å²) in [7, 11) is -2.71. The molecule has 0 N–H and O–H groups in total. The molecule has 2 amide bonds. The molecular formula is C28H28N2O7S. The first-order valence-electron chi connectivity index (χ1n) is 12.0. The zero-order valence-electron chi connectivity index (χ0n) is 21.3. The van der Waals surface area contributed by atoms with Crippen molar-refractivity contribution in [3.63, 3.8) is 0 Å². The molecule has 3 aromatic rings. The number of imide groups is 1. The van der Waals surface area contributed by atoms with Crippen LogP contribution >= 0.6 is 0 Å². The molecule has 1 aliphatic rings. The SMILES string of the molecule is CCOC(=O)c1ccc(N2C(=O)CC(N(Cc3ccc(C)cc3)S(=O)(=O)c3ccc(OC)cc3)C2=O)cc1. The maximum atomic E-state index is 13.8. The van der Waals surface area contributed by atoms with Gasteiger partial charge in [-0.3, -0.25) is 9.59 Å². The predicted molar refractivity (Wildman–Crippen MR) is 140 cm³/mol. The molecule has 198 valence electrons. The number of aryl methyl sites for hydroxylation is 1. The Morgan fingerprint density at radius 1 is 0.974 bits per heavy atom. The molecule has 0 bridgehead atoms. The molecule has 1 aliphatic heterocycles. The van der Waals surface area contributed by atoms with Crippen LogP contribution in [0.15, 0.2) is 77.7 Å². The number of ether oxygens (including phenoxy) is 2. The van der Waals surface area contributed by atoms with E-state index >= 15 is 0 Å². The smallest absolute Gasteiger partial charge is 0.338 e. The van der Waals surface area contributed by atoms with E-state index in [1.54, 1.807) is 19.1 Å².